The first-order valence-electron chi connectivity index (χ1n) is 5.77. The number of nitrogens with two attached hydrogens (primary N) is 1. The maximum Gasteiger partial charge on any atom is 0.276 e. The zero-order chi connectivity index (χ0) is 15.4. The molecule has 0 radical (unpaired) electrons. The summed E-state index contributed by atoms with van der Waals surface area (Å²) >= 11 is 5.92. The lowest BCUT2D eigenvalue weighted by atomic mass is 10.3. The van der Waals surface area contributed by atoms with E-state index in [2.05, 4.69) is 15.7 Å². The number of nitrogen functional groups attached to an aromatic ring is 1. The van der Waals surface area contributed by atoms with E-state index in [0.717, 1.165) is 0 Å². The van der Waals surface area contributed by atoms with Crippen LogP contribution in [0.25, 0.3) is 0 Å². The Morgan fingerprint density at radius 1 is 1.33 bits per heavy atom. The molecule has 0 spiro atoms. The van der Waals surface area contributed by atoms with E-state index in [1.54, 1.807) is 18.2 Å². The number of ether oxygens (including phenoxy) is 1. The number of pyridine rings is 1. The van der Waals surface area contributed by atoms with Crippen molar-refractivity contribution < 1.29 is 9.66 Å². The second kappa shape index (κ2) is 6.25. The van der Waals surface area contributed by atoms with Gasteiger partial charge in [0.2, 0.25) is 0 Å². The molecule has 0 aliphatic rings. The fourth-order valence-corrected chi connectivity index (χ4v) is 1.85. The van der Waals surface area contributed by atoms with E-state index in [-0.39, 0.29) is 17.3 Å². The van der Waals surface area contributed by atoms with Crippen molar-refractivity contribution >= 4 is 34.6 Å². The normalized spacial score (nSPS) is 10.0. The van der Waals surface area contributed by atoms with Gasteiger partial charge in [0.1, 0.15) is 17.4 Å². The molecule has 4 N–H and O–H groups in total. The van der Waals surface area contributed by atoms with Crippen LogP contribution >= 0.6 is 11.6 Å². The first-order valence-corrected chi connectivity index (χ1v) is 6.15. The highest BCUT2D eigenvalue weighted by Gasteiger charge is 2.12. The fraction of sp³-hybridized carbons (Fsp3) is 0.0833. The number of benzene rings is 1. The van der Waals surface area contributed by atoms with E-state index in [1.807, 2.05) is 0 Å². The molecular formula is C12H12ClN5O3. The lowest BCUT2D eigenvalue weighted by molar-refractivity contribution is -0.384. The molecule has 110 valence electrons. The first-order chi connectivity index (χ1) is 10.0. The number of nitrogens with zero attached hydrogens (tertiary/aromatic N) is 2. The highest BCUT2D eigenvalue weighted by Crippen LogP contribution is 2.31. The van der Waals surface area contributed by atoms with Crippen LogP contribution in [-0.4, -0.2) is 17.0 Å². The number of halogens is 1. The molecule has 1 aromatic heterocycles. The van der Waals surface area contributed by atoms with E-state index < -0.39 is 4.92 Å². The maximum absolute atomic E-state index is 10.9. The van der Waals surface area contributed by atoms with Crippen molar-refractivity contribution in [2.45, 2.75) is 0 Å². The minimum absolute atomic E-state index is 0.151. The third-order valence-corrected chi connectivity index (χ3v) is 2.83. The van der Waals surface area contributed by atoms with Gasteiger partial charge in [0, 0.05) is 5.02 Å². The van der Waals surface area contributed by atoms with E-state index in [4.69, 9.17) is 22.2 Å². The predicted octanol–water partition coefficient (Wildman–Crippen LogP) is 2.68. The largest absolute Gasteiger partial charge is 0.495 e. The van der Waals surface area contributed by atoms with E-state index in [1.165, 1.54) is 19.2 Å². The SMILES string of the molecule is COc1ccc(Cl)cc1Nc1cc([N+](=O)[O-])cc(NN)n1. The summed E-state index contributed by atoms with van der Waals surface area (Å²) in [6.45, 7) is 0. The quantitative estimate of drug-likeness (QED) is 0.441. The smallest absolute Gasteiger partial charge is 0.276 e. The molecule has 2 aromatic rings. The van der Waals surface area contributed by atoms with E-state index in [9.17, 15) is 10.1 Å². The van der Waals surface area contributed by atoms with Gasteiger partial charge in [-0.25, -0.2) is 10.8 Å². The molecule has 1 heterocycles. The van der Waals surface area contributed by atoms with Gasteiger partial charge in [-0.05, 0) is 18.2 Å². The summed E-state index contributed by atoms with van der Waals surface area (Å²) in [4.78, 5) is 14.4. The van der Waals surface area contributed by atoms with Crippen LogP contribution in [-0.2, 0) is 0 Å². The lowest BCUT2D eigenvalue weighted by Crippen LogP contribution is -2.10. The molecule has 21 heavy (non-hydrogen) atoms. The minimum atomic E-state index is -0.539. The Morgan fingerprint density at radius 3 is 2.67 bits per heavy atom. The molecule has 0 saturated heterocycles. The molecule has 0 fully saturated rings. The summed E-state index contributed by atoms with van der Waals surface area (Å²) in [6.07, 6.45) is 0. The zero-order valence-corrected chi connectivity index (χ0v) is 11.7. The minimum Gasteiger partial charge on any atom is -0.495 e. The van der Waals surface area contributed by atoms with Crippen molar-refractivity contribution in [3.63, 3.8) is 0 Å². The molecule has 0 saturated carbocycles. The number of anilines is 3. The monoisotopic (exact) mass is 309 g/mol. The standard InChI is InChI=1S/C12H12ClN5O3/c1-21-10-3-2-7(13)4-9(10)15-11-5-8(18(19)20)6-12(16-11)17-14/h2-6H,14H2,1H3,(H2,15,16,17). The first kappa shape index (κ1) is 14.8. The van der Waals surface area contributed by atoms with Gasteiger partial charge in [-0.3, -0.25) is 10.1 Å². The van der Waals surface area contributed by atoms with Crippen LogP contribution in [0.1, 0.15) is 0 Å². The van der Waals surface area contributed by atoms with Crippen molar-refractivity contribution in [2.24, 2.45) is 5.84 Å². The van der Waals surface area contributed by atoms with Crippen LogP contribution in [0.4, 0.5) is 23.0 Å². The number of aromatic nitrogens is 1. The summed E-state index contributed by atoms with van der Waals surface area (Å²) in [7, 11) is 1.50. The molecule has 0 bridgehead atoms. The van der Waals surface area contributed by atoms with Crippen LogP contribution < -0.4 is 21.3 Å². The van der Waals surface area contributed by atoms with Gasteiger partial charge >= 0.3 is 0 Å². The van der Waals surface area contributed by atoms with Gasteiger partial charge in [-0.15, -0.1) is 0 Å². The van der Waals surface area contributed by atoms with Crippen molar-refractivity contribution in [1.82, 2.24) is 4.98 Å². The third kappa shape index (κ3) is 3.50. The predicted molar refractivity (Wildman–Crippen MR) is 80.0 cm³/mol. The Balaban J connectivity index is 2.41. The fourth-order valence-electron chi connectivity index (χ4n) is 1.68. The van der Waals surface area contributed by atoms with Crippen molar-refractivity contribution in [3.8, 4) is 5.75 Å². The second-order valence-electron chi connectivity index (χ2n) is 3.97. The van der Waals surface area contributed by atoms with Gasteiger partial charge in [0.05, 0.1) is 29.9 Å². The molecule has 0 aliphatic carbocycles. The van der Waals surface area contributed by atoms with Crippen LogP contribution in [0.3, 0.4) is 0 Å². The van der Waals surface area contributed by atoms with Crippen LogP contribution in [0.5, 0.6) is 5.75 Å². The van der Waals surface area contributed by atoms with E-state index >= 15 is 0 Å². The average molecular weight is 310 g/mol. The molecule has 9 heteroatoms. The second-order valence-corrected chi connectivity index (χ2v) is 4.40. The van der Waals surface area contributed by atoms with Gasteiger partial charge in [0.25, 0.3) is 5.69 Å². The van der Waals surface area contributed by atoms with Crippen LogP contribution in [0.2, 0.25) is 5.02 Å². The Bertz CT molecular complexity index is 680. The lowest BCUT2D eigenvalue weighted by Gasteiger charge is -2.11. The molecule has 2 rings (SSSR count). The number of hydrogen-bond acceptors (Lipinski definition) is 7. The number of rotatable bonds is 5. The van der Waals surface area contributed by atoms with Gasteiger partial charge in [0.15, 0.2) is 0 Å². The van der Waals surface area contributed by atoms with Crippen molar-refractivity contribution in [1.29, 1.82) is 0 Å². The molecule has 0 unspecified atom stereocenters. The van der Waals surface area contributed by atoms with Crippen molar-refractivity contribution in [2.75, 3.05) is 17.9 Å². The van der Waals surface area contributed by atoms with Gasteiger partial charge in [-0.1, -0.05) is 11.6 Å². The van der Waals surface area contributed by atoms with Crippen LogP contribution in [0.15, 0.2) is 30.3 Å². The summed E-state index contributed by atoms with van der Waals surface area (Å²) in [5.74, 6) is 6.17. The van der Waals surface area contributed by atoms with Crippen molar-refractivity contribution in [3.05, 3.63) is 45.5 Å². The summed E-state index contributed by atoms with van der Waals surface area (Å²) in [5, 5.41) is 14.3. The summed E-state index contributed by atoms with van der Waals surface area (Å²) in [5.41, 5.74) is 2.65. The van der Waals surface area contributed by atoms with Gasteiger partial charge < -0.3 is 15.5 Å². The Morgan fingerprint density at radius 2 is 2.05 bits per heavy atom. The topological polar surface area (TPSA) is 115 Å². The third-order valence-electron chi connectivity index (χ3n) is 2.59. The summed E-state index contributed by atoms with van der Waals surface area (Å²) in [6, 6.07) is 7.46. The highest BCUT2D eigenvalue weighted by molar-refractivity contribution is 6.31. The molecule has 0 amide bonds. The zero-order valence-electron chi connectivity index (χ0n) is 11.0. The average Bonchev–Trinajstić information content (AvgIpc) is 2.47. The Kier molecular flexibility index (Phi) is 4.41. The molecule has 0 atom stereocenters. The number of methoxy groups -OCH3 is 1. The maximum atomic E-state index is 10.9. The van der Waals surface area contributed by atoms with Crippen LogP contribution in [0, 0.1) is 10.1 Å². The summed E-state index contributed by atoms with van der Waals surface area (Å²) < 4.78 is 5.18. The molecule has 8 nitrogen and oxygen atoms in total. The molecular weight excluding hydrogens is 298 g/mol. The molecule has 1 aromatic carbocycles. The molecule has 0 aliphatic heterocycles. The number of nitrogens with one attached hydrogen (secondary N) is 2. The van der Waals surface area contributed by atoms with E-state index in [0.29, 0.717) is 16.5 Å². The number of hydrogen-bond donors (Lipinski definition) is 3. The number of nitro groups is 1. The highest BCUT2D eigenvalue weighted by atomic mass is 35.5. The number of hydrazine groups is 1. The Hall–Kier alpha value is -2.58. The Labute approximate surface area is 125 Å². The van der Waals surface area contributed by atoms with Gasteiger partial charge in [-0.2, -0.15) is 0 Å².